The summed E-state index contributed by atoms with van der Waals surface area (Å²) >= 11 is 0. The van der Waals surface area contributed by atoms with Crippen LogP contribution in [0.1, 0.15) is 0 Å². The molecule has 8 rings (SSSR count). The Kier molecular flexibility index (Phi) is 8.00. The third-order valence-electron chi connectivity index (χ3n) is 9.37. The van der Waals surface area contributed by atoms with Gasteiger partial charge >= 0.3 is 10.1 Å². The molecule has 0 saturated carbocycles. The first kappa shape index (κ1) is 38.8. The Morgan fingerprint density at radius 3 is 0.947 bits per heavy atom. The van der Waals surface area contributed by atoms with E-state index in [9.17, 15) is 78.4 Å². The first-order valence-electron chi connectivity index (χ1n) is 15.2. The second-order valence-corrected chi connectivity index (χ2v) is 21.0. The zero-order valence-corrected chi connectivity index (χ0v) is 32.3. The zero-order chi connectivity index (χ0) is 41.7. The summed E-state index contributed by atoms with van der Waals surface area (Å²) in [7, 11) is -31.7. The van der Waals surface area contributed by atoms with Crippen molar-refractivity contribution in [2.24, 2.45) is 0 Å². The van der Waals surface area contributed by atoms with Gasteiger partial charge in [0.15, 0.2) is 5.75 Å². The van der Waals surface area contributed by atoms with E-state index in [1.807, 2.05) is 0 Å². The molecule has 296 valence electrons. The molecule has 0 aliphatic carbocycles. The predicted octanol–water partition coefficient (Wildman–Crippen LogP) is 4.19. The zero-order valence-electron chi connectivity index (χ0n) is 27.4. The molecule has 0 fully saturated rings. The Hall–Kier alpha value is -5.06. The Morgan fingerprint density at radius 2 is 0.596 bits per heavy atom. The van der Waals surface area contributed by atoms with Crippen molar-refractivity contribution in [2.45, 2.75) is 29.4 Å². The van der Waals surface area contributed by atoms with Gasteiger partial charge in [0, 0.05) is 76.8 Å². The van der Waals surface area contributed by atoms with E-state index in [-0.39, 0.29) is 37.7 Å². The van der Waals surface area contributed by atoms with E-state index in [4.69, 9.17) is 4.18 Å². The number of phenols is 1. The van der Waals surface area contributed by atoms with Crippen LogP contribution in [0.2, 0.25) is 0 Å². The third kappa shape index (κ3) is 5.89. The van der Waals surface area contributed by atoms with Gasteiger partial charge in [0.1, 0.15) is 35.1 Å². The van der Waals surface area contributed by atoms with Crippen molar-refractivity contribution in [3.8, 4) is 11.5 Å². The molecule has 57 heavy (non-hydrogen) atoms. The molecule has 0 saturated heterocycles. The highest BCUT2D eigenvalue weighted by Crippen LogP contribution is 2.48. The van der Waals surface area contributed by atoms with Crippen LogP contribution in [0.25, 0.3) is 64.6 Å². The van der Waals surface area contributed by atoms with Gasteiger partial charge in [-0.2, -0.15) is 50.5 Å². The topological polar surface area (TPSA) is 335 Å². The van der Waals surface area contributed by atoms with E-state index in [0.717, 1.165) is 48.5 Å². The van der Waals surface area contributed by atoms with E-state index in [2.05, 4.69) is 0 Å². The Bertz CT molecular complexity index is 3760. The van der Waals surface area contributed by atoms with Crippen molar-refractivity contribution in [3.05, 3.63) is 72.8 Å². The fourth-order valence-electron chi connectivity index (χ4n) is 7.25. The van der Waals surface area contributed by atoms with Gasteiger partial charge in [-0.25, -0.2) is 0 Å². The van der Waals surface area contributed by atoms with Crippen LogP contribution >= 0.6 is 0 Å². The summed E-state index contributed by atoms with van der Waals surface area (Å²) in [6, 6.07) is 10.3. The van der Waals surface area contributed by atoms with Gasteiger partial charge in [0.05, 0.1) is 0 Å². The molecule has 0 aliphatic rings. The van der Waals surface area contributed by atoms with Gasteiger partial charge in [0.2, 0.25) is 0 Å². The molecule has 0 amide bonds. The summed E-state index contributed by atoms with van der Waals surface area (Å²) in [5, 5.41) is 6.55. The lowest BCUT2D eigenvalue weighted by molar-refractivity contribution is 0.472. The van der Waals surface area contributed by atoms with Crippen LogP contribution in [0, 0.1) is 0 Å². The summed E-state index contributed by atoms with van der Waals surface area (Å²) in [6.45, 7) is 0. The van der Waals surface area contributed by atoms with Crippen molar-refractivity contribution >= 4 is 125 Å². The average Bonchev–Trinajstić information content (AvgIpc) is 3.07. The lowest BCUT2D eigenvalue weighted by atomic mass is 9.93. The molecular weight excluding hydrogens is 881 g/mol. The van der Waals surface area contributed by atoms with Crippen LogP contribution in [0.3, 0.4) is 0 Å². The normalized spacial score (nSPS) is 13.9. The SMILES string of the molecule is O=S(=O)(O)c1cc(OS(=O)(=O)c2cc(O)c3ccc4c(S(=O)(=O)O)cc(S(=O)(=O)O)c5ccc2c3c45)c2ccc3c(S(=O)(=O)O)cc(S(=O)(=O)O)c4ccc1c2c34. The molecule has 0 aliphatic heterocycles. The number of benzene rings is 8. The lowest BCUT2D eigenvalue weighted by Gasteiger charge is -2.20. The summed E-state index contributed by atoms with van der Waals surface area (Å²) in [5.74, 6) is -1.71. The van der Waals surface area contributed by atoms with Gasteiger partial charge in [-0.15, -0.1) is 0 Å². The lowest BCUT2D eigenvalue weighted by Crippen LogP contribution is -2.12. The van der Waals surface area contributed by atoms with E-state index in [0.29, 0.717) is 24.3 Å². The van der Waals surface area contributed by atoms with E-state index >= 15 is 0 Å². The number of hydrogen-bond acceptors (Lipinski definition) is 14. The predicted molar refractivity (Wildman–Crippen MR) is 199 cm³/mol. The van der Waals surface area contributed by atoms with Crippen molar-refractivity contribution < 1.29 is 82.6 Å². The summed E-state index contributed by atoms with van der Waals surface area (Å²) in [6.07, 6.45) is 0. The fourth-order valence-corrected chi connectivity index (χ4v) is 12.1. The number of hydrogen-bond donors (Lipinski definition) is 6. The van der Waals surface area contributed by atoms with Crippen LogP contribution in [0.15, 0.2) is 102 Å². The first-order chi connectivity index (χ1) is 26.1. The van der Waals surface area contributed by atoms with Crippen molar-refractivity contribution in [3.63, 3.8) is 0 Å². The standard InChI is InChI=1S/C32H18O19S6/c33-21-9-28(20-8-7-18-26(55(43,44)45)11-24(53(37,38)39)16-3-1-13(21)29(20)31(16)18)57(49,50)51-22-10-23(52(34,35)36)15-5-6-19-27(56(46,47)48)12-25(54(40,41)42)17-4-2-14(22)30(15)32(17)19/h1-12,33H,(H,34,35,36)(H,37,38,39)(H,40,41,42)(H,43,44,45)(H,46,47,48). The Labute approximate surface area is 319 Å². The number of phenolic OH excluding ortho intramolecular Hbond substituents is 1. The van der Waals surface area contributed by atoms with Crippen LogP contribution in [0.5, 0.6) is 11.5 Å². The molecule has 0 bridgehead atoms. The molecule has 8 aromatic carbocycles. The smallest absolute Gasteiger partial charge is 0.339 e. The minimum absolute atomic E-state index is 0.184. The van der Waals surface area contributed by atoms with E-state index in [1.54, 1.807) is 0 Å². The quantitative estimate of drug-likeness (QED) is 0.0707. The van der Waals surface area contributed by atoms with Crippen LogP contribution < -0.4 is 4.18 Å². The molecule has 0 unspecified atom stereocenters. The van der Waals surface area contributed by atoms with Crippen molar-refractivity contribution in [2.75, 3.05) is 0 Å². The average molecular weight is 899 g/mol. The van der Waals surface area contributed by atoms with Crippen molar-refractivity contribution in [1.29, 1.82) is 0 Å². The highest BCUT2D eigenvalue weighted by atomic mass is 32.2. The largest absolute Gasteiger partial charge is 0.507 e. The van der Waals surface area contributed by atoms with Gasteiger partial charge < -0.3 is 9.29 Å². The molecule has 0 radical (unpaired) electrons. The molecule has 0 atom stereocenters. The fraction of sp³-hybridized carbons (Fsp3) is 0. The molecule has 6 N–H and O–H groups in total. The molecule has 8 aromatic rings. The minimum atomic E-state index is -5.37. The highest BCUT2D eigenvalue weighted by molar-refractivity contribution is 7.88. The second-order valence-electron chi connectivity index (χ2n) is 12.6. The maximum atomic E-state index is 14.3. The molecular formula is C32H18O19S6. The molecule has 0 heterocycles. The molecule has 0 spiro atoms. The number of aromatic hydroxyl groups is 1. The molecule has 0 aromatic heterocycles. The maximum absolute atomic E-state index is 14.3. The minimum Gasteiger partial charge on any atom is -0.507 e. The summed E-state index contributed by atoms with van der Waals surface area (Å²) < 4.78 is 209. The van der Waals surface area contributed by atoms with Gasteiger partial charge in [-0.3, -0.25) is 22.8 Å². The van der Waals surface area contributed by atoms with Crippen molar-refractivity contribution in [1.82, 2.24) is 0 Å². The monoisotopic (exact) mass is 898 g/mol. The highest BCUT2D eigenvalue weighted by Gasteiger charge is 2.32. The molecule has 25 heteroatoms. The van der Waals surface area contributed by atoms with Crippen LogP contribution in [-0.2, 0) is 60.7 Å². The summed E-state index contributed by atoms with van der Waals surface area (Å²) in [5.41, 5.74) is 0. The third-order valence-corrected chi connectivity index (χ3v) is 15.1. The number of rotatable bonds is 8. The van der Waals surface area contributed by atoms with E-state index < -0.39 is 129 Å². The van der Waals surface area contributed by atoms with E-state index in [1.165, 1.54) is 0 Å². The van der Waals surface area contributed by atoms with Crippen LogP contribution in [0.4, 0.5) is 0 Å². The second kappa shape index (κ2) is 11.8. The van der Waals surface area contributed by atoms with Gasteiger partial charge in [0.25, 0.3) is 50.6 Å². The Balaban J connectivity index is 1.48. The molecule has 19 nitrogen and oxygen atoms in total. The first-order valence-corrected chi connectivity index (χ1v) is 23.8. The summed E-state index contributed by atoms with van der Waals surface area (Å²) in [4.78, 5) is -6.11. The maximum Gasteiger partial charge on any atom is 0.339 e. The van der Waals surface area contributed by atoms with Gasteiger partial charge in [-0.05, 0) is 24.3 Å². The van der Waals surface area contributed by atoms with Crippen LogP contribution in [-0.4, -0.2) is 78.4 Å². The van der Waals surface area contributed by atoms with Gasteiger partial charge in [-0.1, -0.05) is 36.4 Å². The Morgan fingerprint density at radius 1 is 0.333 bits per heavy atom.